The first-order chi connectivity index (χ1) is 8.57. The number of nitrogens with two attached hydrogens (primary N) is 1. The summed E-state index contributed by atoms with van der Waals surface area (Å²) in [5, 5.41) is 9.26. The minimum absolute atomic E-state index is 0. The molecule has 0 aliphatic rings. The molecule has 0 unspecified atom stereocenters. The molecule has 0 heterocycles. The molecule has 116 valence electrons. The molecule has 0 amide bonds. The Kier molecular flexibility index (Phi) is 6.80. The molecular weight excluding hydrogens is 362 g/mol. The lowest BCUT2D eigenvalue weighted by Crippen LogP contribution is -2.33. The third kappa shape index (κ3) is 5.12. The monoisotopic (exact) mass is 377 g/mol. The van der Waals surface area contributed by atoms with Crippen molar-refractivity contribution < 1.29 is 23.0 Å². The van der Waals surface area contributed by atoms with E-state index in [2.05, 4.69) is 20.7 Å². The van der Waals surface area contributed by atoms with Gasteiger partial charge in [0.1, 0.15) is 5.75 Å². The van der Waals surface area contributed by atoms with E-state index in [1.54, 1.807) is 13.8 Å². The van der Waals surface area contributed by atoms with Crippen LogP contribution in [0, 0.1) is 5.41 Å². The van der Waals surface area contributed by atoms with Crippen LogP contribution >= 0.6 is 28.3 Å². The molecule has 0 aliphatic heterocycles. The first-order valence-electron chi connectivity index (χ1n) is 5.48. The fraction of sp³-hybridized carbons (Fsp3) is 0.500. The molecular formula is C12H16BrClF3NO2. The van der Waals surface area contributed by atoms with E-state index in [0.29, 0.717) is 4.47 Å². The predicted molar refractivity (Wildman–Crippen MR) is 75.9 cm³/mol. The molecule has 3 nitrogen and oxygen atoms in total. The van der Waals surface area contributed by atoms with Gasteiger partial charge in [0.15, 0.2) is 0 Å². The second kappa shape index (κ2) is 6.98. The average molecular weight is 379 g/mol. The maximum Gasteiger partial charge on any atom is 0.573 e. The van der Waals surface area contributed by atoms with Crippen molar-refractivity contribution in [1.82, 2.24) is 0 Å². The Bertz CT molecular complexity index is 455. The van der Waals surface area contributed by atoms with Gasteiger partial charge < -0.3 is 15.6 Å². The van der Waals surface area contributed by atoms with Crippen LogP contribution in [0.2, 0.25) is 0 Å². The molecule has 0 bridgehead atoms. The smallest absolute Gasteiger partial charge is 0.405 e. The molecule has 1 atom stereocenters. The highest BCUT2D eigenvalue weighted by Crippen LogP contribution is 2.38. The quantitative estimate of drug-likeness (QED) is 0.838. The lowest BCUT2D eigenvalue weighted by molar-refractivity contribution is -0.275. The highest BCUT2D eigenvalue weighted by atomic mass is 79.9. The molecule has 0 aliphatic carbocycles. The Hall–Kier alpha value is -0.500. The Morgan fingerprint density at radius 1 is 1.35 bits per heavy atom. The number of rotatable bonds is 4. The molecule has 0 aromatic heterocycles. The van der Waals surface area contributed by atoms with Crippen LogP contribution in [0.15, 0.2) is 22.7 Å². The molecule has 0 saturated heterocycles. The van der Waals surface area contributed by atoms with E-state index in [1.807, 2.05) is 0 Å². The number of aliphatic hydroxyl groups is 1. The van der Waals surface area contributed by atoms with Gasteiger partial charge in [-0.15, -0.1) is 25.6 Å². The van der Waals surface area contributed by atoms with Crippen LogP contribution in [0.3, 0.4) is 0 Å². The summed E-state index contributed by atoms with van der Waals surface area (Å²) in [7, 11) is 0. The third-order valence-corrected chi connectivity index (χ3v) is 3.28. The molecule has 0 spiro atoms. The van der Waals surface area contributed by atoms with E-state index in [0.717, 1.165) is 0 Å². The summed E-state index contributed by atoms with van der Waals surface area (Å²) >= 11 is 3.18. The number of halogens is 5. The summed E-state index contributed by atoms with van der Waals surface area (Å²) in [6, 6.07) is 3.29. The van der Waals surface area contributed by atoms with Gasteiger partial charge in [-0.3, -0.25) is 0 Å². The third-order valence-electron chi connectivity index (χ3n) is 2.78. The van der Waals surface area contributed by atoms with Crippen molar-refractivity contribution in [2.24, 2.45) is 11.1 Å². The van der Waals surface area contributed by atoms with Crippen LogP contribution in [0.4, 0.5) is 13.2 Å². The van der Waals surface area contributed by atoms with Crippen LogP contribution in [-0.4, -0.2) is 18.1 Å². The molecule has 3 N–H and O–H groups in total. The zero-order chi connectivity index (χ0) is 14.8. The average Bonchev–Trinajstić information content (AvgIpc) is 2.29. The highest BCUT2D eigenvalue weighted by molar-refractivity contribution is 9.10. The summed E-state index contributed by atoms with van der Waals surface area (Å²) in [5.41, 5.74) is 5.36. The number of hydrogen-bond acceptors (Lipinski definition) is 3. The van der Waals surface area contributed by atoms with Crippen molar-refractivity contribution >= 4 is 28.3 Å². The number of ether oxygens (including phenoxy) is 1. The van der Waals surface area contributed by atoms with Crippen molar-refractivity contribution in [3.63, 3.8) is 0 Å². The van der Waals surface area contributed by atoms with E-state index < -0.39 is 17.8 Å². The highest BCUT2D eigenvalue weighted by Gasteiger charge is 2.35. The Morgan fingerprint density at radius 3 is 2.35 bits per heavy atom. The van der Waals surface area contributed by atoms with E-state index >= 15 is 0 Å². The van der Waals surface area contributed by atoms with Gasteiger partial charge in [0, 0.05) is 28.1 Å². The standard InChI is InChI=1S/C12H15BrF3NO2.ClH/c1-11(2,6-18)10(17)8-5-7(13)3-4-9(8)19-12(14,15)16;/h3-5,10,18H,6,17H2,1-2H3;1H/t10-;/m0./s1. The summed E-state index contributed by atoms with van der Waals surface area (Å²) in [6.07, 6.45) is -4.79. The van der Waals surface area contributed by atoms with Gasteiger partial charge in [-0.1, -0.05) is 29.8 Å². The van der Waals surface area contributed by atoms with Gasteiger partial charge in [-0.25, -0.2) is 0 Å². The van der Waals surface area contributed by atoms with Crippen LogP contribution in [0.25, 0.3) is 0 Å². The maximum atomic E-state index is 12.3. The molecule has 1 rings (SSSR count). The second-order valence-electron chi connectivity index (χ2n) is 4.85. The van der Waals surface area contributed by atoms with Gasteiger partial charge in [-0.2, -0.15) is 0 Å². The van der Waals surface area contributed by atoms with Crippen LogP contribution in [0.5, 0.6) is 5.75 Å². The molecule has 1 aromatic rings. The largest absolute Gasteiger partial charge is 0.573 e. The first kappa shape index (κ1) is 19.5. The van der Waals surface area contributed by atoms with Crippen LogP contribution < -0.4 is 10.5 Å². The molecule has 0 saturated carbocycles. The van der Waals surface area contributed by atoms with E-state index in [1.165, 1.54) is 18.2 Å². The Morgan fingerprint density at radius 2 is 1.90 bits per heavy atom. The van der Waals surface area contributed by atoms with Gasteiger partial charge in [0.2, 0.25) is 0 Å². The topological polar surface area (TPSA) is 55.5 Å². The number of alkyl halides is 3. The summed E-state index contributed by atoms with van der Waals surface area (Å²) < 4.78 is 41.6. The van der Waals surface area contributed by atoms with Crippen LogP contribution in [-0.2, 0) is 0 Å². The van der Waals surface area contributed by atoms with Crippen molar-refractivity contribution in [2.45, 2.75) is 26.3 Å². The second-order valence-corrected chi connectivity index (χ2v) is 5.77. The van der Waals surface area contributed by atoms with E-state index in [9.17, 15) is 18.3 Å². The normalized spacial score (nSPS) is 13.6. The Balaban J connectivity index is 0.00000361. The first-order valence-corrected chi connectivity index (χ1v) is 6.28. The number of aliphatic hydroxyl groups excluding tert-OH is 1. The molecule has 20 heavy (non-hydrogen) atoms. The number of benzene rings is 1. The Labute approximate surface area is 129 Å². The minimum atomic E-state index is -4.79. The van der Waals surface area contributed by atoms with Crippen molar-refractivity contribution in [1.29, 1.82) is 0 Å². The van der Waals surface area contributed by atoms with Crippen LogP contribution in [0.1, 0.15) is 25.5 Å². The molecule has 0 fully saturated rings. The number of hydrogen-bond donors (Lipinski definition) is 2. The van der Waals surface area contributed by atoms with Gasteiger partial charge in [0.05, 0.1) is 0 Å². The lowest BCUT2D eigenvalue weighted by Gasteiger charge is -2.31. The van der Waals surface area contributed by atoms with Gasteiger partial charge in [0.25, 0.3) is 0 Å². The fourth-order valence-corrected chi connectivity index (χ4v) is 1.88. The molecule has 0 radical (unpaired) electrons. The summed E-state index contributed by atoms with van der Waals surface area (Å²) in [6.45, 7) is 3.07. The maximum absolute atomic E-state index is 12.3. The lowest BCUT2D eigenvalue weighted by atomic mass is 9.81. The van der Waals surface area contributed by atoms with Gasteiger partial charge >= 0.3 is 6.36 Å². The summed E-state index contributed by atoms with van der Waals surface area (Å²) in [5.74, 6) is -0.357. The van der Waals surface area contributed by atoms with Crippen molar-refractivity contribution in [3.05, 3.63) is 28.2 Å². The fourth-order valence-electron chi connectivity index (χ4n) is 1.50. The SMILES string of the molecule is CC(C)(CO)[C@@H](N)c1cc(Br)ccc1OC(F)(F)F.Cl. The van der Waals surface area contributed by atoms with Gasteiger partial charge in [-0.05, 0) is 18.2 Å². The zero-order valence-electron chi connectivity index (χ0n) is 10.9. The van der Waals surface area contributed by atoms with E-state index in [4.69, 9.17) is 5.73 Å². The zero-order valence-corrected chi connectivity index (χ0v) is 13.3. The van der Waals surface area contributed by atoms with Crippen molar-refractivity contribution in [3.8, 4) is 5.75 Å². The van der Waals surface area contributed by atoms with E-state index in [-0.39, 0.29) is 30.3 Å². The predicted octanol–water partition coefficient (Wildman–Crippen LogP) is 3.79. The van der Waals surface area contributed by atoms with Crippen molar-refractivity contribution in [2.75, 3.05) is 6.61 Å². The molecule has 1 aromatic carbocycles. The summed E-state index contributed by atoms with van der Waals surface area (Å²) in [4.78, 5) is 0. The molecule has 8 heteroatoms. The minimum Gasteiger partial charge on any atom is -0.405 e.